The third kappa shape index (κ3) is 2.47. The molecule has 1 aliphatic heterocycles. The average molecular weight is 253 g/mol. The third-order valence-electron chi connectivity index (χ3n) is 3.55. The summed E-state index contributed by atoms with van der Waals surface area (Å²) in [5.41, 5.74) is 3.95. The first-order chi connectivity index (χ1) is 9.38. The largest absolute Gasteiger partial charge is 0.326 e. The summed E-state index contributed by atoms with van der Waals surface area (Å²) < 4.78 is 0. The van der Waals surface area contributed by atoms with Crippen molar-refractivity contribution in [1.29, 1.82) is 0 Å². The number of anilines is 2. The number of nitrogens with one attached hydrogen (secondary N) is 1. The van der Waals surface area contributed by atoms with Crippen LogP contribution in [0.3, 0.4) is 0 Å². The predicted molar refractivity (Wildman–Crippen MR) is 78.8 cm³/mol. The van der Waals surface area contributed by atoms with Gasteiger partial charge in [0.2, 0.25) is 0 Å². The van der Waals surface area contributed by atoms with E-state index in [0.717, 1.165) is 31.9 Å². The quantitative estimate of drug-likeness (QED) is 0.908. The molecule has 1 aliphatic rings. The molecule has 0 saturated heterocycles. The normalized spacial score (nSPS) is 13.6. The van der Waals surface area contributed by atoms with E-state index in [9.17, 15) is 0 Å². The Hall–Kier alpha value is -1.87. The lowest BCUT2D eigenvalue weighted by Crippen LogP contribution is -2.15. The topological polar surface area (TPSA) is 28.2 Å². The number of hydrogen-bond donors (Lipinski definition) is 1. The van der Waals surface area contributed by atoms with Crippen molar-refractivity contribution in [3.05, 3.63) is 53.7 Å². The van der Waals surface area contributed by atoms with Gasteiger partial charge in [-0.3, -0.25) is 0 Å². The van der Waals surface area contributed by atoms with Crippen molar-refractivity contribution >= 4 is 11.5 Å². The molecule has 1 N–H and O–H groups in total. The van der Waals surface area contributed by atoms with E-state index in [0.29, 0.717) is 0 Å². The lowest BCUT2D eigenvalue weighted by atomic mass is 10.2. The molecule has 2 heterocycles. The number of hydrogen-bond acceptors (Lipinski definition) is 3. The molecule has 0 aliphatic carbocycles. The Morgan fingerprint density at radius 3 is 2.89 bits per heavy atom. The van der Waals surface area contributed by atoms with Gasteiger partial charge in [-0.25, -0.2) is 4.98 Å². The number of nitrogens with zero attached hydrogens (tertiary/aromatic N) is 2. The fraction of sp³-hybridized carbons (Fsp3) is 0.312. The predicted octanol–water partition coefficient (Wildman–Crippen LogP) is 2.89. The highest BCUT2D eigenvalue weighted by molar-refractivity contribution is 5.67. The first-order valence-corrected chi connectivity index (χ1v) is 6.89. The second-order valence-corrected chi connectivity index (χ2v) is 4.84. The van der Waals surface area contributed by atoms with Crippen LogP contribution >= 0.6 is 0 Å². The number of aromatic nitrogens is 1. The minimum absolute atomic E-state index is 0.889. The second-order valence-electron chi connectivity index (χ2n) is 4.84. The van der Waals surface area contributed by atoms with Crippen LogP contribution in [0.5, 0.6) is 0 Å². The molecule has 0 bridgehead atoms. The molecule has 3 heteroatoms. The molecule has 0 spiro atoms. The summed E-state index contributed by atoms with van der Waals surface area (Å²) in [6.07, 6.45) is 3.08. The van der Waals surface area contributed by atoms with Crippen LogP contribution in [0.15, 0.2) is 42.6 Å². The van der Waals surface area contributed by atoms with Crippen LogP contribution in [-0.4, -0.2) is 18.1 Å². The van der Waals surface area contributed by atoms with Crippen LogP contribution in [-0.2, 0) is 13.0 Å². The van der Waals surface area contributed by atoms with Crippen molar-refractivity contribution in [3.63, 3.8) is 0 Å². The van der Waals surface area contributed by atoms with Gasteiger partial charge >= 0.3 is 0 Å². The molecule has 3 rings (SSSR count). The maximum atomic E-state index is 4.60. The first-order valence-electron chi connectivity index (χ1n) is 6.89. The molecule has 0 atom stereocenters. The SMILES string of the molecule is CCNCc1ccc(N2CCc3ccccc32)nc1. The van der Waals surface area contributed by atoms with E-state index in [2.05, 4.69) is 58.5 Å². The summed E-state index contributed by atoms with van der Waals surface area (Å²) in [5, 5.41) is 3.32. The number of pyridine rings is 1. The van der Waals surface area contributed by atoms with Crippen LogP contribution in [0.25, 0.3) is 0 Å². The van der Waals surface area contributed by atoms with Crippen LogP contribution in [0.2, 0.25) is 0 Å². The van der Waals surface area contributed by atoms with Gasteiger partial charge < -0.3 is 10.2 Å². The Labute approximate surface area is 114 Å². The van der Waals surface area contributed by atoms with Gasteiger partial charge in [0, 0.05) is 25.0 Å². The monoisotopic (exact) mass is 253 g/mol. The molecule has 1 aromatic heterocycles. The smallest absolute Gasteiger partial charge is 0.132 e. The number of rotatable bonds is 4. The van der Waals surface area contributed by atoms with E-state index in [1.165, 1.54) is 16.8 Å². The Morgan fingerprint density at radius 1 is 1.21 bits per heavy atom. The van der Waals surface area contributed by atoms with Gasteiger partial charge in [0.1, 0.15) is 5.82 Å². The highest BCUT2D eigenvalue weighted by atomic mass is 15.2. The Balaban J connectivity index is 1.80. The number of benzene rings is 1. The van der Waals surface area contributed by atoms with Crippen molar-refractivity contribution in [2.24, 2.45) is 0 Å². The minimum atomic E-state index is 0.889. The zero-order chi connectivity index (χ0) is 13.1. The Kier molecular flexibility index (Phi) is 3.47. The molecule has 0 unspecified atom stereocenters. The molecular formula is C16H19N3. The first kappa shape index (κ1) is 12.2. The maximum Gasteiger partial charge on any atom is 0.132 e. The molecule has 98 valence electrons. The van der Waals surface area contributed by atoms with Gasteiger partial charge in [-0.15, -0.1) is 0 Å². The zero-order valence-corrected chi connectivity index (χ0v) is 11.3. The van der Waals surface area contributed by atoms with Crippen molar-refractivity contribution in [1.82, 2.24) is 10.3 Å². The molecule has 1 aromatic carbocycles. The van der Waals surface area contributed by atoms with Crippen LogP contribution in [0, 0.1) is 0 Å². The Bertz CT molecular complexity index is 548. The van der Waals surface area contributed by atoms with E-state index in [-0.39, 0.29) is 0 Å². The van der Waals surface area contributed by atoms with Crippen molar-refractivity contribution < 1.29 is 0 Å². The van der Waals surface area contributed by atoms with Gasteiger partial charge in [-0.2, -0.15) is 0 Å². The summed E-state index contributed by atoms with van der Waals surface area (Å²) in [6.45, 7) is 5.02. The molecule has 19 heavy (non-hydrogen) atoms. The standard InChI is InChI=1S/C16H19N3/c1-2-17-11-13-7-8-16(18-12-13)19-10-9-14-5-3-4-6-15(14)19/h3-8,12,17H,2,9-11H2,1H3. The van der Waals surface area contributed by atoms with Gasteiger partial charge in [0.15, 0.2) is 0 Å². The molecular weight excluding hydrogens is 234 g/mol. The van der Waals surface area contributed by atoms with Crippen LogP contribution < -0.4 is 10.2 Å². The average Bonchev–Trinajstić information content (AvgIpc) is 2.90. The molecule has 2 aromatic rings. The van der Waals surface area contributed by atoms with E-state index in [1.807, 2.05) is 6.20 Å². The van der Waals surface area contributed by atoms with E-state index >= 15 is 0 Å². The van der Waals surface area contributed by atoms with Gasteiger partial charge in [-0.1, -0.05) is 31.2 Å². The van der Waals surface area contributed by atoms with E-state index in [4.69, 9.17) is 0 Å². The highest BCUT2D eigenvalue weighted by Crippen LogP contribution is 2.32. The second kappa shape index (κ2) is 5.41. The van der Waals surface area contributed by atoms with Gasteiger partial charge in [0.05, 0.1) is 0 Å². The molecule has 0 saturated carbocycles. The summed E-state index contributed by atoms with van der Waals surface area (Å²) in [4.78, 5) is 6.90. The van der Waals surface area contributed by atoms with Crippen molar-refractivity contribution in [3.8, 4) is 0 Å². The van der Waals surface area contributed by atoms with Crippen LogP contribution in [0.1, 0.15) is 18.1 Å². The van der Waals surface area contributed by atoms with E-state index < -0.39 is 0 Å². The molecule has 3 nitrogen and oxygen atoms in total. The van der Waals surface area contributed by atoms with Crippen molar-refractivity contribution in [2.45, 2.75) is 19.9 Å². The number of fused-ring (bicyclic) bond motifs is 1. The summed E-state index contributed by atoms with van der Waals surface area (Å²) in [5.74, 6) is 1.05. The van der Waals surface area contributed by atoms with Crippen LogP contribution in [0.4, 0.5) is 11.5 Å². The molecule has 0 radical (unpaired) electrons. The van der Waals surface area contributed by atoms with E-state index in [1.54, 1.807) is 0 Å². The number of para-hydroxylation sites is 1. The zero-order valence-electron chi connectivity index (χ0n) is 11.3. The van der Waals surface area contributed by atoms with Gasteiger partial charge in [-0.05, 0) is 36.2 Å². The van der Waals surface area contributed by atoms with Gasteiger partial charge in [0.25, 0.3) is 0 Å². The summed E-state index contributed by atoms with van der Waals surface area (Å²) >= 11 is 0. The summed E-state index contributed by atoms with van der Waals surface area (Å²) in [6, 6.07) is 12.9. The highest BCUT2D eigenvalue weighted by Gasteiger charge is 2.20. The fourth-order valence-electron chi connectivity index (χ4n) is 2.53. The fourth-order valence-corrected chi connectivity index (χ4v) is 2.53. The Morgan fingerprint density at radius 2 is 2.11 bits per heavy atom. The summed E-state index contributed by atoms with van der Waals surface area (Å²) in [7, 11) is 0. The third-order valence-corrected chi connectivity index (χ3v) is 3.55. The van der Waals surface area contributed by atoms with Crippen molar-refractivity contribution in [2.75, 3.05) is 18.0 Å². The lowest BCUT2D eigenvalue weighted by Gasteiger charge is -2.18. The maximum absolute atomic E-state index is 4.60. The molecule has 0 fully saturated rings. The lowest BCUT2D eigenvalue weighted by molar-refractivity contribution is 0.724. The molecule has 0 amide bonds. The minimum Gasteiger partial charge on any atom is -0.326 e.